The maximum atomic E-state index is 12.9. The van der Waals surface area contributed by atoms with Gasteiger partial charge in [0, 0.05) is 33.3 Å². The minimum atomic E-state index is -0.417. The number of aromatic nitrogens is 4. The van der Waals surface area contributed by atoms with Crippen LogP contribution >= 0.6 is 0 Å². The number of anilines is 1. The van der Waals surface area contributed by atoms with Gasteiger partial charge in [-0.2, -0.15) is 0 Å². The topological polar surface area (TPSA) is 129 Å². The molecule has 1 aromatic carbocycles. The first kappa shape index (κ1) is 24.0. The van der Waals surface area contributed by atoms with Crippen LogP contribution in [-0.4, -0.2) is 69.6 Å². The van der Waals surface area contributed by atoms with E-state index in [-0.39, 0.29) is 30.6 Å². The Hall–Kier alpha value is -4.12. The lowest BCUT2D eigenvalue weighted by Crippen LogP contribution is -2.42. The van der Waals surface area contributed by atoms with Crippen LogP contribution in [0.3, 0.4) is 0 Å². The summed E-state index contributed by atoms with van der Waals surface area (Å²) in [6.45, 7) is 5.47. The standard InChI is InChI=1S/C24H26N6O5.H2/c1-15-10-27-21(12-25-15)29-23(31)17-7-18(34-16(2)14-33-3)9-19(8-17)35-22-13-26-20(11-28-22)24(32)30-5-4-6-30;/h7-13,16H,4-6,14H2,1-3H3,(H,27,29,31);1H/t16-;/m0./s1. The van der Waals surface area contributed by atoms with E-state index >= 15 is 0 Å². The van der Waals surface area contributed by atoms with Gasteiger partial charge < -0.3 is 24.4 Å². The van der Waals surface area contributed by atoms with Crippen molar-refractivity contribution in [3.8, 4) is 17.4 Å². The first-order valence-electron chi connectivity index (χ1n) is 11.1. The Kier molecular flexibility index (Phi) is 7.46. The largest absolute Gasteiger partial charge is 0.488 e. The second-order valence-electron chi connectivity index (χ2n) is 8.06. The number of likely N-dealkylation sites (tertiary alicyclic amines) is 1. The van der Waals surface area contributed by atoms with Crippen molar-refractivity contribution in [3.05, 3.63) is 59.9 Å². The van der Waals surface area contributed by atoms with Gasteiger partial charge in [-0.05, 0) is 32.4 Å². The van der Waals surface area contributed by atoms with Crippen LogP contribution in [0.2, 0.25) is 0 Å². The Labute approximate surface area is 204 Å². The highest BCUT2D eigenvalue weighted by Gasteiger charge is 2.23. The predicted molar refractivity (Wildman–Crippen MR) is 128 cm³/mol. The van der Waals surface area contributed by atoms with Crippen LogP contribution in [0.15, 0.2) is 43.0 Å². The molecule has 1 N–H and O–H groups in total. The van der Waals surface area contributed by atoms with E-state index in [0.717, 1.165) is 25.2 Å². The summed E-state index contributed by atoms with van der Waals surface area (Å²) in [5.74, 6) is 0.627. The third kappa shape index (κ3) is 6.27. The van der Waals surface area contributed by atoms with E-state index in [2.05, 4.69) is 25.3 Å². The number of benzene rings is 1. The summed E-state index contributed by atoms with van der Waals surface area (Å²) >= 11 is 0. The number of amides is 2. The highest BCUT2D eigenvalue weighted by atomic mass is 16.5. The summed E-state index contributed by atoms with van der Waals surface area (Å²) in [5.41, 5.74) is 1.27. The van der Waals surface area contributed by atoms with Crippen molar-refractivity contribution in [2.24, 2.45) is 0 Å². The van der Waals surface area contributed by atoms with Gasteiger partial charge >= 0.3 is 0 Å². The first-order chi connectivity index (χ1) is 16.9. The Morgan fingerprint density at radius 2 is 1.86 bits per heavy atom. The van der Waals surface area contributed by atoms with Gasteiger partial charge in [0.2, 0.25) is 5.88 Å². The van der Waals surface area contributed by atoms with Crippen LogP contribution in [0, 0.1) is 6.92 Å². The van der Waals surface area contributed by atoms with Crippen molar-refractivity contribution in [3.63, 3.8) is 0 Å². The van der Waals surface area contributed by atoms with Crippen molar-refractivity contribution in [2.75, 3.05) is 32.1 Å². The number of hydrogen-bond donors (Lipinski definition) is 1. The quantitative estimate of drug-likeness (QED) is 0.491. The molecule has 4 rings (SSSR count). The highest BCUT2D eigenvalue weighted by Crippen LogP contribution is 2.28. The molecule has 0 spiro atoms. The lowest BCUT2D eigenvalue weighted by atomic mass is 10.2. The van der Waals surface area contributed by atoms with E-state index in [1.807, 2.05) is 6.92 Å². The molecule has 35 heavy (non-hydrogen) atoms. The number of methoxy groups -OCH3 is 1. The van der Waals surface area contributed by atoms with Gasteiger partial charge in [0.25, 0.3) is 11.8 Å². The summed E-state index contributed by atoms with van der Waals surface area (Å²) in [6, 6.07) is 4.78. The fraction of sp³-hybridized carbons (Fsp3) is 0.333. The molecule has 1 saturated heterocycles. The second kappa shape index (κ2) is 10.9. The van der Waals surface area contributed by atoms with Crippen molar-refractivity contribution in [1.29, 1.82) is 0 Å². The van der Waals surface area contributed by atoms with Crippen LogP contribution < -0.4 is 14.8 Å². The molecule has 2 amide bonds. The zero-order chi connectivity index (χ0) is 24.8. The summed E-state index contributed by atoms with van der Waals surface area (Å²) in [4.78, 5) is 43.5. The van der Waals surface area contributed by atoms with Crippen molar-refractivity contribution < 1.29 is 25.2 Å². The molecular weight excluding hydrogens is 452 g/mol. The molecule has 11 heteroatoms. The zero-order valence-corrected chi connectivity index (χ0v) is 19.7. The van der Waals surface area contributed by atoms with Crippen LogP contribution in [0.25, 0.3) is 0 Å². The number of rotatable bonds is 9. The summed E-state index contributed by atoms with van der Waals surface area (Å²) < 4.78 is 16.8. The predicted octanol–water partition coefficient (Wildman–Crippen LogP) is 3.13. The monoisotopic (exact) mass is 480 g/mol. The van der Waals surface area contributed by atoms with Crippen LogP contribution in [-0.2, 0) is 4.74 Å². The number of carbonyl (C=O) groups is 2. The van der Waals surface area contributed by atoms with Gasteiger partial charge in [0.1, 0.15) is 23.3 Å². The van der Waals surface area contributed by atoms with Gasteiger partial charge in [-0.3, -0.25) is 14.6 Å². The Morgan fingerprint density at radius 1 is 1.06 bits per heavy atom. The lowest BCUT2D eigenvalue weighted by Gasteiger charge is -2.30. The molecule has 1 aliphatic rings. The molecule has 1 fully saturated rings. The van der Waals surface area contributed by atoms with Crippen LogP contribution in [0.1, 0.15) is 41.3 Å². The van der Waals surface area contributed by atoms with Gasteiger partial charge in [-0.1, -0.05) is 0 Å². The average molecular weight is 481 g/mol. The minimum absolute atomic E-state index is 0. The molecule has 0 radical (unpaired) electrons. The fourth-order valence-electron chi connectivity index (χ4n) is 3.26. The maximum Gasteiger partial charge on any atom is 0.274 e. The van der Waals surface area contributed by atoms with Gasteiger partial charge in [0.15, 0.2) is 5.82 Å². The number of carbonyl (C=O) groups excluding carboxylic acids is 2. The number of hydrogen-bond acceptors (Lipinski definition) is 9. The molecule has 1 atom stereocenters. The number of aryl methyl sites for hydroxylation is 1. The van der Waals surface area contributed by atoms with Crippen molar-refractivity contribution >= 4 is 17.6 Å². The Balaban J connectivity index is 0.00000361. The van der Waals surface area contributed by atoms with Gasteiger partial charge in [0.05, 0.1) is 37.1 Å². The third-order valence-corrected chi connectivity index (χ3v) is 5.12. The van der Waals surface area contributed by atoms with Crippen LogP contribution in [0.5, 0.6) is 17.4 Å². The number of nitrogens with one attached hydrogen (secondary N) is 1. The molecular formula is C24H28N6O5. The third-order valence-electron chi connectivity index (χ3n) is 5.12. The molecule has 1 aliphatic heterocycles. The minimum Gasteiger partial charge on any atom is -0.488 e. The number of nitrogens with zero attached hydrogens (tertiary/aromatic N) is 5. The second-order valence-corrected chi connectivity index (χ2v) is 8.06. The maximum absolute atomic E-state index is 12.9. The molecule has 11 nitrogen and oxygen atoms in total. The van der Waals surface area contributed by atoms with E-state index in [1.54, 1.807) is 43.3 Å². The molecule has 184 valence electrons. The number of ether oxygens (including phenoxy) is 3. The van der Waals surface area contributed by atoms with E-state index in [4.69, 9.17) is 14.2 Å². The molecule has 0 bridgehead atoms. The fourth-order valence-corrected chi connectivity index (χ4v) is 3.26. The van der Waals surface area contributed by atoms with Crippen molar-refractivity contribution in [1.82, 2.24) is 24.8 Å². The lowest BCUT2D eigenvalue weighted by molar-refractivity contribution is 0.0645. The summed E-state index contributed by atoms with van der Waals surface area (Å²) in [5, 5.41) is 2.71. The zero-order valence-electron chi connectivity index (χ0n) is 19.7. The van der Waals surface area contributed by atoms with Crippen molar-refractivity contribution in [2.45, 2.75) is 26.4 Å². The van der Waals surface area contributed by atoms with E-state index in [1.165, 1.54) is 18.6 Å². The molecule has 0 aliphatic carbocycles. The molecule has 0 unspecified atom stereocenters. The average Bonchev–Trinajstić information content (AvgIpc) is 2.80. The van der Waals surface area contributed by atoms with Crippen LogP contribution in [0.4, 0.5) is 5.82 Å². The van der Waals surface area contributed by atoms with Gasteiger partial charge in [-0.25, -0.2) is 15.0 Å². The normalized spacial score (nSPS) is 13.5. The first-order valence-corrected chi connectivity index (χ1v) is 11.1. The molecule has 2 aromatic heterocycles. The SMILES string of the molecule is COC[C@H](C)Oc1cc(Oc2cnc(C(=O)N3CCC3)cn2)cc(C(=O)Nc2cnc(C)cn2)c1.[HH]. The van der Waals surface area contributed by atoms with Gasteiger partial charge in [-0.15, -0.1) is 0 Å². The van der Waals surface area contributed by atoms with E-state index < -0.39 is 5.91 Å². The summed E-state index contributed by atoms with van der Waals surface area (Å²) in [7, 11) is 1.58. The Morgan fingerprint density at radius 3 is 2.49 bits per heavy atom. The molecule has 3 aromatic rings. The Bertz CT molecular complexity index is 1190. The summed E-state index contributed by atoms with van der Waals surface area (Å²) in [6.07, 6.45) is 6.51. The highest BCUT2D eigenvalue weighted by molar-refractivity contribution is 6.04. The molecule has 0 saturated carbocycles. The van der Waals surface area contributed by atoms with E-state index in [9.17, 15) is 9.59 Å². The smallest absolute Gasteiger partial charge is 0.274 e. The van der Waals surface area contributed by atoms with E-state index in [0.29, 0.717) is 23.9 Å². The molecule has 3 heterocycles.